The molecule has 0 saturated carbocycles. The van der Waals surface area contributed by atoms with Crippen LogP contribution in [0.4, 0.5) is 11.4 Å². The van der Waals surface area contributed by atoms with Crippen LogP contribution in [0.5, 0.6) is 0 Å². The van der Waals surface area contributed by atoms with Crippen molar-refractivity contribution in [3.8, 4) is 0 Å². The fourth-order valence-corrected chi connectivity index (χ4v) is 1.17. The lowest BCUT2D eigenvalue weighted by molar-refractivity contribution is -0.385. The van der Waals surface area contributed by atoms with E-state index in [1.54, 1.807) is 0 Å². The highest BCUT2D eigenvalue weighted by Crippen LogP contribution is 2.28. The lowest BCUT2D eigenvalue weighted by Gasteiger charge is -2.02. The summed E-state index contributed by atoms with van der Waals surface area (Å²) in [4.78, 5) is 20.9. The Morgan fingerprint density at radius 1 is 1.57 bits per heavy atom. The van der Waals surface area contributed by atoms with Crippen molar-refractivity contribution in [3.05, 3.63) is 32.8 Å². The molecule has 14 heavy (non-hydrogen) atoms. The number of benzene rings is 1. The highest BCUT2D eigenvalue weighted by atomic mass is 35.5. The summed E-state index contributed by atoms with van der Waals surface area (Å²) in [7, 11) is 0. The summed E-state index contributed by atoms with van der Waals surface area (Å²) >= 11 is 5.63. The Kier molecular flexibility index (Phi) is 2.71. The predicted molar refractivity (Wildman–Crippen MR) is 52.5 cm³/mol. The minimum Gasteiger partial charge on any atom is -0.397 e. The van der Waals surface area contributed by atoms with Crippen molar-refractivity contribution >= 4 is 28.8 Å². The van der Waals surface area contributed by atoms with Crippen LogP contribution in [-0.4, -0.2) is 10.7 Å². The number of carbonyl (C=O) groups excluding carboxylic acids is 1. The van der Waals surface area contributed by atoms with Crippen molar-refractivity contribution in [1.82, 2.24) is 0 Å². The number of nitrogens with zero attached hydrogens (tertiary/aromatic N) is 1. The number of carbonyl (C=O) groups is 1. The Morgan fingerprint density at radius 3 is 2.57 bits per heavy atom. The number of nitro benzene ring substituents is 1. The lowest BCUT2D eigenvalue weighted by Crippen LogP contribution is -2.01. The standard InChI is InChI=1S/C8H7ClN2O3/c1-4(12)5-2-6(9)7(10)3-8(5)11(13)14/h2-3H,10H2,1H3. The van der Waals surface area contributed by atoms with Gasteiger partial charge in [-0.3, -0.25) is 14.9 Å². The minimum absolute atomic E-state index is 0.0331. The Hall–Kier alpha value is -1.62. The first-order valence-corrected chi connectivity index (χ1v) is 4.05. The third kappa shape index (κ3) is 1.82. The zero-order valence-electron chi connectivity index (χ0n) is 7.28. The molecule has 6 heteroatoms. The first kappa shape index (κ1) is 10.5. The van der Waals surface area contributed by atoms with Crippen LogP contribution in [0.25, 0.3) is 0 Å². The van der Waals surface area contributed by atoms with E-state index >= 15 is 0 Å². The summed E-state index contributed by atoms with van der Waals surface area (Å²) in [5, 5.41) is 10.7. The number of ketones is 1. The lowest BCUT2D eigenvalue weighted by atomic mass is 10.1. The van der Waals surface area contributed by atoms with Gasteiger partial charge < -0.3 is 5.73 Å². The molecule has 0 radical (unpaired) electrons. The third-order valence-electron chi connectivity index (χ3n) is 1.69. The van der Waals surface area contributed by atoms with Crippen molar-refractivity contribution < 1.29 is 9.72 Å². The summed E-state index contributed by atoms with van der Waals surface area (Å²) in [5.41, 5.74) is 5.11. The van der Waals surface area contributed by atoms with E-state index in [4.69, 9.17) is 17.3 Å². The maximum atomic E-state index is 11.0. The van der Waals surface area contributed by atoms with Crippen molar-refractivity contribution in [2.24, 2.45) is 0 Å². The molecule has 1 aromatic rings. The summed E-state index contributed by atoms with van der Waals surface area (Å²) in [6.07, 6.45) is 0. The Balaban J connectivity index is 3.46. The predicted octanol–water partition coefficient (Wildman–Crippen LogP) is 2.03. The molecule has 0 aliphatic heterocycles. The van der Waals surface area contributed by atoms with Crippen LogP contribution in [0.2, 0.25) is 5.02 Å². The van der Waals surface area contributed by atoms with Crippen LogP contribution < -0.4 is 5.73 Å². The fraction of sp³-hybridized carbons (Fsp3) is 0.125. The second kappa shape index (κ2) is 3.63. The minimum atomic E-state index is -0.663. The molecule has 0 atom stereocenters. The zero-order valence-corrected chi connectivity index (χ0v) is 8.04. The van der Waals surface area contributed by atoms with E-state index in [0.717, 1.165) is 6.07 Å². The molecule has 0 aliphatic carbocycles. The topological polar surface area (TPSA) is 86.2 Å². The van der Waals surface area contributed by atoms with Crippen LogP contribution in [-0.2, 0) is 0 Å². The number of Topliss-reactive ketones (excluding diaryl/α,β-unsaturated/α-hetero) is 1. The molecular formula is C8H7ClN2O3. The molecule has 0 amide bonds. The molecule has 0 aromatic heterocycles. The van der Waals surface area contributed by atoms with Gasteiger partial charge in [0.05, 0.1) is 21.2 Å². The monoisotopic (exact) mass is 214 g/mol. The van der Waals surface area contributed by atoms with Gasteiger partial charge in [-0.2, -0.15) is 0 Å². The van der Waals surface area contributed by atoms with Gasteiger partial charge in [0, 0.05) is 6.07 Å². The maximum absolute atomic E-state index is 11.0. The second-order valence-corrected chi connectivity index (χ2v) is 3.11. The normalized spacial score (nSPS) is 9.86. The van der Waals surface area contributed by atoms with Gasteiger partial charge in [0.1, 0.15) is 0 Å². The van der Waals surface area contributed by atoms with E-state index in [-0.39, 0.29) is 22.0 Å². The quantitative estimate of drug-likeness (QED) is 0.353. The Bertz CT molecular complexity index is 378. The molecule has 74 valence electrons. The number of rotatable bonds is 2. The van der Waals surface area contributed by atoms with Crippen LogP contribution in [0.1, 0.15) is 17.3 Å². The second-order valence-electron chi connectivity index (χ2n) is 2.70. The molecule has 1 rings (SSSR count). The van der Waals surface area contributed by atoms with E-state index in [1.165, 1.54) is 13.0 Å². The number of nitrogen functional groups attached to an aromatic ring is 1. The molecule has 0 unspecified atom stereocenters. The molecule has 5 nitrogen and oxygen atoms in total. The molecule has 0 aliphatic rings. The summed E-state index contributed by atoms with van der Waals surface area (Å²) < 4.78 is 0. The first-order chi connectivity index (χ1) is 6.43. The molecule has 0 fully saturated rings. The molecular weight excluding hydrogens is 208 g/mol. The van der Waals surface area contributed by atoms with Crippen molar-refractivity contribution in [2.45, 2.75) is 6.92 Å². The highest BCUT2D eigenvalue weighted by molar-refractivity contribution is 6.33. The first-order valence-electron chi connectivity index (χ1n) is 3.68. The number of hydrogen-bond acceptors (Lipinski definition) is 4. The van der Waals surface area contributed by atoms with Crippen molar-refractivity contribution in [1.29, 1.82) is 0 Å². The average Bonchev–Trinajstić information content (AvgIpc) is 2.08. The molecule has 0 saturated heterocycles. The van der Waals surface area contributed by atoms with E-state index in [9.17, 15) is 14.9 Å². The van der Waals surface area contributed by atoms with Crippen LogP contribution in [0, 0.1) is 10.1 Å². The third-order valence-corrected chi connectivity index (χ3v) is 2.02. The maximum Gasteiger partial charge on any atom is 0.282 e. The van der Waals surface area contributed by atoms with Gasteiger partial charge in [-0.05, 0) is 13.0 Å². The summed E-state index contributed by atoms with van der Waals surface area (Å²) in [6.45, 7) is 1.23. The van der Waals surface area contributed by atoms with Gasteiger partial charge in [-0.1, -0.05) is 11.6 Å². The van der Waals surface area contributed by atoms with E-state index in [1.807, 2.05) is 0 Å². The molecule has 1 aromatic carbocycles. The van der Waals surface area contributed by atoms with Gasteiger partial charge in [-0.25, -0.2) is 0 Å². The highest BCUT2D eigenvalue weighted by Gasteiger charge is 2.19. The number of halogens is 1. The largest absolute Gasteiger partial charge is 0.397 e. The molecule has 0 bridgehead atoms. The summed E-state index contributed by atoms with van der Waals surface area (Å²) in [5.74, 6) is -0.418. The molecule has 0 heterocycles. The van der Waals surface area contributed by atoms with Gasteiger partial charge in [0.25, 0.3) is 5.69 Å². The van der Waals surface area contributed by atoms with Gasteiger partial charge in [0.15, 0.2) is 5.78 Å². The fourth-order valence-electron chi connectivity index (χ4n) is 1.01. The zero-order chi connectivity index (χ0) is 10.9. The van der Waals surface area contributed by atoms with Crippen LogP contribution in [0.3, 0.4) is 0 Å². The van der Waals surface area contributed by atoms with Crippen molar-refractivity contribution in [3.63, 3.8) is 0 Å². The van der Waals surface area contributed by atoms with E-state index in [2.05, 4.69) is 0 Å². The van der Waals surface area contributed by atoms with E-state index < -0.39 is 10.7 Å². The molecule has 2 N–H and O–H groups in total. The van der Waals surface area contributed by atoms with Gasteiger partial charge in [-0.15, -0.1) is 0 Å². The number of anilines is 1. The SMILES string of the molecule is CC(=O)c1cc(Cl)c(N)cc1[N+](=O)[O-]. The van der Waals surface area contributed by atoms with Crippen LogP contribution >= 0.6 is 11.6 Å². The van der Waals surface area contributed by atoms with Crippen molar-refractivity contribution in [2.75, 3.05) is 5.73 Å². The Morgan fingerprint density at radius 2 is 2.14 bits per heavy atom. The number of hydrogen-bond donors (Lipinski definition) is 1. The van der Waals surface area contributed by atoms with Gasteiger partial charge in [0.2, 0.25) is 0 Å². The Labute approximate surface area is 84.6 Å². The number of nitrogens with two attached hydrogens (primary N) is 1. The van der Waals surface area contributed by atoms with Gasteiger partial charge >= 0.3 is 0 Å². The number of nitro groups is 1. The molecule has 0 spiro atoms. The average molecular weight is 215 g/mol. The van der Waals surface area contributed by atoms with E-state index in [0.29, 0.717) is 0 Å². The summed E-state index contributed by atoms with van der Waals surface area (Å²) in [6, 6.07) is 2.29. The van der Waals surface area contributed by atoms with Crippen LogP contribution in [0.15, 0.2) is 12.1 Å². The smallest absolute Gasteiger partial charge is 0.282 e.